The fraction of sp³-hybridized carbons (Fsp3) is 0.421. The number of carbonyl (C=O) groups is 3. The Morgan fingerprint density at radius 1 is 1.23 bits per heavy atom. The molecule has 1 unspecified atom stereocenters. The molecule has 0 radical (unpaired) electrons. The third-order valence-electron chi connectivity index (χ3n) is 4.66. The maximum absolute atomic E-state index is 12.7. The normalized spacial score (nSPS) is 18.2. The molecule has 1 aliphatic heterocycles. The SMILES string of the molecule is CCCC(Oc1cc(N2C(=O)C3=C(CCCC3)C2=O)ccc1Cl)C(=O)O. The lowest BCUT2D eigenvalue weighted by Gasteiger charge is -2.19. The average Bonchev–Trinajstić information content (AvgIpc) is 2.88. The molecule has 0 saturated heterocycles. The van der Waals surface area contributed by atoms with Crippen molar-refractivity contribution in [1.82, 2.24) is 0 Å². The van der Waals surface area contributed by atoms with Crippen molar-refractivity contribution in [3.8, 4) is 5.75 Å². The molecular formula is C19H20ClNO5. The number of anilines is 1. The Hall–Kier alpha value is -2.34. The molecule has 0 saturated carbocycles. The molecule has 1 N–H and O–H groups in total. The lowest BCUT2D eigenvalue weighted by Crippen LogP contribution is -2.31. The molecular weight excluding hydrogens is 358 g/mol. The third kappa shape index (κ3) is 3.33. The summed E-state index contributed by atoms with van der Waals surface area (Å²) in [6.07, 6.45) is 2.96. The maximum Gasteiger partial charge on any atom is 0.344 e. The van der Waals surface area contributed by atoms with E-state index >= 15 is 0 Å². The van der Waals surface area contributed by atoms with Crippen LogP contribution in [0.3, 0.4) is 0 Å². The summed E-state index contributed by atoms with van der Waals surface area (Å²) >= 11 is 6.13. The Labute approximate surface area is 156 Å². The van der Waals surface area contributed by atoms with Crippen molar-refractivity contribution in [2.24, 2.45) is 0 Å². The minimum atomic E-state index is -1.08. The van der Waals surface area contributed by atoms with Gasteiger partial charge in [0.15, 0.2) is 6.10 Å². The lowest BCUT2D eigenvalue weighted by atomic mass is 9.93. The van der Waals surface area contributed by atoms with Crippen LogP contribution in [0.1, 0.15) is 45.4 Å². The van der Waals surface area contributed by atoms with Gasteiger partial charge in [-0.05, 0) is 44.2 Å². The first-order valence-corrected chi connectivity index (χ1v) is 9.11. The molecule has 138 valence electrons. The van der Waals surface area contributed by atoms with Gasteiger partial charge in [0.2, 0.25) is 0 Å². The minimum absolute atomic E-state index is 0.149. The number of imide groups is 1. The van der Waals surface area contributed by atoms with E-state index in [-0.39, 0.29) is 22.6 Å². The van der Waals surface area contributed by atoms with E-state index in [2.05, 4.69) is 0 Å². The second-order valence-electron chi connectivity index (χ2n) is 6.46. The highest BCUT2D eigenvalue weighted by molar-refractivity contribution is 6.34. The van der Waals surface area contributed by atoms with E-state index in [4.69, 9.17) is 16.3 Å². The van der Waals surface area contributed by atoms with Crippen LogP contribution in [0.2, 0.25) is 5.02 Å². The number of ether oxygens (including phenoxy) is 1. The molecule has 6 nitrogen and oxygen atoms in total. The van der Waals surface area contributed by atoms with Crippen molar-refractivity contribution in [2.75, 3.05) is 4.90 Å². The molecule has 1 atom stereocenters. The van der Waals surface area contributed by atoms with Crippen molar-refractivity contribution in [3.63, 3.8) is 0 Å². The second-order valence-corrected chi connectivity index (χ2v) is 6.87. The van der Waals surface area contributed by atoms with Crippen LogP contribution in [-0.4, -0.2) is 29.0 Å². The van der Waals surface area contributed by atoms with Gasteiger partial charge in [0.05, 0.1) is 10.7 Å². The number of benzene rings is 1. The highest BCUT2D eigenvalue weighted by atomic mass is 35.5. The molecule has 0 aromatic heterocycles. The number of halogens is 1. The van der Waals surface area contributed by atoms with Crippen molar-refractivity contribution in [1.29, 1.82) is 0 Å². The van der Waals surface area contributed by atoms with E-state index in [1.165, 1.54) is 12.1 Å². The van der Waals surface area contributed by atoms with Gasteiger partial charge in [0, 0.05) is 17.2 Å². The number of hydrogen-bond acceptors (Lipinski definition) is 4. The summed E-state index contributed by atoms with van der Waals surface area (Å²) < 4.78 is 5.54. The highest BCUT2D eigenvalue weighted by Gasteiger charge is 2.39. The zero-order valence-electron chi connectivity index (χ0n) is 14.5. The van der Waals surface area contributed by atoms with Crippen LogP contribution in [0.25, 0.3) is 0 Å². The number of nitrogens with zero attached hydrogens (tertiary/aromatic N) is 1. The number of carbonyl (C=O) groups excluding carboxylic acids is 2. The molecule has 7 heteroatoms. The largest absolute Gasteiger partial charge is 0.479 e. The quantitative estimate of drug-likeness (QED) is 0.764. The van der Waals surface area contributed by atoms with E-state index in [9.17, 15) is 19.5 Å². The van der Waals surface area contributed by atoms with Gasteiger partial charge in [-0.15, -0.1) is 0 Å². The number of amides is 2. The fourth-order valence-electron chi connectivity index (χ4n) is 3.34. The standard InChI is InChI=1S/C19H20ClNO5/c1-2-5-15(19(24)25)26-16-10-11(8-9-14(16)20)21-17(22)12-6-3-4-7-13(12)18(21)23/h8-10,15H,2-7H2,1H3,(H,24,25). The van der Waals surface area contributed by atoms with Crippen molar-refractivity contribution in [2.45, 2.75) is 51.6 Å². The Kier molecular flexibility index (Phi) is 5.32. The van der Waals surface area contributed by atoms with Gasteiger partial charge < -0.3 is 9.84 Å². The monoisotopic (exact) mass is 377 g/mol. The van der Waals surface area contributed by atoms with Crippen molar-refractivity contribution < 1.29 is 24.2 Å². The number of rotatable bonds is 6. The molecule has 0 bridgehead atoms. The van der Waals surface area contributed by atoms with E-state index in [1.807, 2.05) is 6.92 Å². The molecule has 2 aliphatic rings. The molecule has 1 aromatic carbocycles. The zero-order chi connectivity index (χ0) is 18.8. The summed E-state index contributed by atoms with van der Waals surface area (Å²) in [7, 11) is 0. The van der Waals surface area contributed by atoms with Crippen molar-refractivity contribution >= 4 is 35.1 Å². The molecule has 1 aromatic rings. The number of carboxylic acid groups (broad SMARTS) is 1. The second kappa shape index (κ2) is 7.50. The van der Waals surface area contributed by atoms with Gasteiger partial charge in [-0.3, -0.25) is 9.59 Å². The van der Waals surface area contributed by atoms with Crippen LogP contribution in [-0.2, 0) is 14.4 Å². The Bertz CT molecular complexity index is 773. The van der Waals surface area contributed by atoms with E-state index in [1.54, 1.807) is 6.07 Å². The van der Waals surface area contributed by atoms with Crippen LogP contribution in [0.15, 0.2) is 29.3 Å². The molecule has 1 aliphatic carbocycles. The molecule has 2 amide bonds. The summed E-state index contributed by atoms with van der Waals surface area (Å²) in [5, 5.41) is 9.50. The predicted molar refractivity (Wildman–Crippen MR) is 96.4 cm³/mol. The van der Waals surface area contributed by atoms with Gasteiger partial charge in [0.25, 0.3) is 11.8 Å². The summed E-state index contributed by atoms with van der Waals surface area (Å²) in [6, 6.07) is 4.54. The van der Waals surface area contributed by atoms with Gasteiger partial charge in [0.1, 0.15) is 5.75 Å². The first-order chi connectivity index (χ1) is 12.4. The van der Waals surface area contributed by atoms with E-state index < -0.39 is 12.1 Å². The third-order valence-corrected chi connectivity index (χ3v) is 4.97. The minimum Gasteiger partial charge on any atom is -0.479 e. The topological polar surface area (TPSA) is 83.9 Å². The number of aliphatic carboxylic acids is 1. The van der Waals surface area contributed by atoms with E-state index in [0.29, 0.717) is 42.5 Å². The lowest BCUT2D eigenvalue weighted by molar-refractivity contribution is -0.145. The van der Waals surface area contributed by atoms with Crippen molar-refractivity contribution in [3.05, 3.63) is 34.4 Å². The van der Waals surface area contributed by atoms with E-state index in [0.717, 1.165) is 17.7 Å². The van der Waals surface area contributed by atoms with Crippen LogP contribution in [0.5, 0.6) is 5.75 Å². The molecule has 0 spiro atoms. The van der Waals surface area contributed by atoms with Gasteiger partial charge in [-0.1, -0.05) is 24.9 Å². The number of carboxylic acids is 1. The smallest absolute Gasteiger partial charge is 0.344 e. The van der Waals surface area contributed by atoms with Gasteiger partial charge >= 0.3 is 5.97 Å². The average molecular weight is 378 g/mol. The first-order valence-electron chi connectivity index (χ1n) is 8.73. The highest BCUT2D eigenvalue weighted by Crippen LogP contribution is 2.38. The zero-order valence-corrected chi connectivity index (χ0v) is 15.2. The summed E-state index contributed by atoms with van der Waals surface area (Å²) in [6.45, 7) is 1.86. The summed E-state index contributed by atoms with van der Waals surface area (Å²) in [4.78, 5) is 37.8. The van der Waals surface area contributed by atoms with Gasteiger partial charge in [-0.25, -0.2) is 9.69 Å². The van der Waals surface area contributed by atoms with Gasteiger partial charge in [-0.2, -0.15) is 0 Å². The summed E-state index contributed by atoms with van der Waals surface area (Å²) in [5.41, 5.74) is 1.52. The van der Waals surface area contributed by atoms with Crippen LogP contribution in [0.4, 0.5) is 5.69 Å². The Morgan fingerprint density at radius 3 is 2.38 bits per heavy atom. The maximum atomic E-state index is 12.7. The van der Waals surface area contributed by atoms with Crippen LogP contribution in [0, 0.1) is 0 Å². The predicted octanol–water partition coefficient (Wildman–Crippen LogP) is 3.72. The summed E-state index contributed by atoms with van der Waals surface area (Å²) in [5.74, 6) is -1.54. The molecule has 0 fully saturated rings. The van der Waals surface area contributed by atoms with Crippen LogP contribution < -0.4 is 9.64 Å². The molecule has 1 heterocycles. The fourth-order valence-corrected chi connectivity index (χ4v) is 3.51. The number of hydrogen-bond donors (Lipinski definition) is 1. The first kappa shape index (κ1) is 18.5. The Balaban J connectivity index is 1.89. The molecule has 3 rings (SSSR count). The van der Waals surface area contributed by atoms with Crippen LogP contribution >= 0.6 is 11.6 Å². The molecule has 26 heavy (non-hydrogen) atoms. The Morgan fingerprint density at radius 2 is 1.85 bits per heavy atom.